The standard InChI is InChI=1S/C11H20N2O4/c1-2-5-13(6-8-3-4-8)11(17)12-9(7-14)10(15)16/h8-9,14H,2-7H2,1H3,(H,12,17)(H,15,16)/t9-/m0/s1. The van der Waals surface area contributed by atoms with Crippen LogP contribution in [0.5, 0.6) is 0 Å². The van der Waals surface area contributed by atoms with E-state index in [1.54, 1.807) is 4.90 Å². The number of nitrogens with zero attached hydrogens (tertiary/aromatic N) is 1. The van der Waals surface area contributed by atoms with E-state index in [0.29, 0.717) is 19.0 Å². The maximum absolute atomic E-state index is 11.8. The van der Waals surface area contributed by atoms with Crippen molar-refractivity contribution in [2.45, 2.75) is 32.2 Å². The Hall–Kier alpha value is -1.30. The number of carboxylic acid groups (broad SMARTS) is 1. The van der Waals surface area contributed by atoms with Gasteiger partial charge in [0.1, 0.15) is 0 Å². The predicted octanol–water partition coefficient (Wildman–Crippen LogP) is 0.263. The highest BCUT2D eigenvalue weighted by atomic mass is 16.4. The molecule has 3 N–H and O–H groups in total. The van der Waals surface area contributed by atoms with Crippen LogP contribution in [0.3, 0.4) is 0 Å². The molecule has 0 aromatic carbocycles. The van der Waals surface area contributed by atoms with Crippen LogP contribution < -0.4 is 5.32 Å². The lowest BCUT2D eigenvalue weighted by Gasteiger charge is -2.24. The van der Waals surface area contributed by atoms with E-state index < -0.39 is 24.6 Å². The average Bonchev–Trinajstić information content (AvgIpc) is 3.08. The van der Waals surface area contributed by atoms with Crippen molar-refractivity contribution in [3.8, 4) is 0 Å². The number of urea groups is 1. The van der Waals surface area contributed by atoms with Gasteiger partial charge in [0.2, 0.25) is 0 Å². The Kier molecular flexibility index (Phi) is 5.21. The van der Waals surface area contributed by atoms with Gasteiger partial charge in [-0.15, -0.1) is 0 Å². The third kappa shape index (κ3) is 4.60. The van der Waals surface area contributed by atoms with E-state index in [0.717, 1.165) is 19.3 Å². The second kappa shape index (κ2) is 6.44. The molecule has 2 amide bonds. The van der Waals surface area contributed by atoms with E-state index in [-0.39, 0.29) is 0 Å². The van der Waals surface area contributed by atoms with Crippen molar-refractivity contribution in [2.24, 2.45) is 5.92 Å². The molecule has 0 spiro atoms. The molecule has 0 saturated heterocycles. The van der Waals surface area contributed by atoms with Crippen molar-refractivity contribution in [1.29, 1.82) is 0 Å². The number of nitrogens with one attached hydrogen (secondary N) is 1. The number of aliphatic hydroxyl groups is 1. The topological polar surface area (TPSA) is 89.9 Å². The van der Waals surface area contributed by atoms with Crippen LogP contribution in [-0.4, -0.2) is 52.9 Å². The van der Waals surface area contributed by atoms with Gasteiger partial charge in [0.25, 0.3) is 0 Å². The molecular formula is C11H20N2O4. The minimum atomic E-state index is -1.22. The summed E-state index contributed by atoms with van der Waals surface area (Å²) in [5.74, 6) is -0.659. The maximum Gasteiger partial charge on any atom is 0.328 e. The molecule has 1 rings (SSSR count). The zero-order valence-electron chi connectivity index (χ0n) is 10.1. The number of aliphatic hydroxyl groups excluding tert-OH is 1. The van der Waals surface area contributed by atoms with Crippen LogP contribution in [0.15, 0.2) is 0 Å². The van der Waals surface area contributed by atoms with Gasteiger partial charge in [-0.05, 0) is 25.2 Å². The molecule has 6 heteroatoms. The second-order valence-corrected chi connectivity index (χ2v) is 4.41. The van der Waals surface area contributed by atoms with Crippen LogP contribution >= 0.6 is 0 Å². The van der Waals surface area contributed by atoms with Crippen molar-refractivity contribution in [3.63, 3.8) is 0 Å². The Balaban J connectivity index is 2.47. The van der Waals surface area contributed by atoms with Crippen LogP contribution in [0.4, 0.5) is 4.79 Å². The molecule has 6 nitrogen and oxygen atoms in total. The Labute approximate surface area is 101 Å². The Morgan fingerprint density at radius 1 is 1.47 bits per heavy atom. The van der Waals surface area contributed by atoms with Crippen LogP contribution in [0.1, 0.15) is 26.2 Å². The molecule has 1 aliphatic carbocycles. The number of hydrogen-bond donors (Lipinski definition) is 3. The molecule has 1 fully saturated rings. The van der Waals surface area contributed by atoms with Crippen LogP contribution in [0.2, 0.25) is 0 Å². The van der Waals surface area contributed by atoms with Crippen molar-refractivity contribution < 1.29 is 19.8 Å². The molecule has 0 aliphatic heterocycles. The van der Waals surface area contributed by atoms with Crippen molar-refractivity contribution in [1.82, 2.24) is 10.2 Å². The lowest BCUT2D eigenvalue weighted by molar-refractivity contribution is -0.140. The summed E-state index contributed by atoms with van der Waals surface area (Å²) in [5, 5.41) is 19.9. The molecule has 17 heavy (non-hydrogen) atoms. The first-order chi connectivity index (χ1) is 8.08. The van der Waals surface area contributed by atoms with Gasteiger partial charge < -0.3 is 20.4 Å². The zero-order valence-corrected chi connectivity index (χ0v) is 10.1. The maximum atomic E-state index is 11.8. The first-order valence-corrected chi connectivity index (χ1v) is 5.97. The number of carboxylic acids is 1. The fourth-order valence-corrected chi connectivity index (χ4v) is 1.58. The average molecular weight is 244 g/mol. The first-order valence-electron chi connectivity index (χ1n) is 5.97. The Morgan fingerprint density at radius 3 is 2.53 bits per heavy atom. The normalized spacial score (nSPS) is 16.4. The fourth-order valence-electron chi connectivity index (χ4n) is 1.58. The highest BCUT2D eigenvalue weighted by Gasteiger charge is 2.28. The summed E-state index contributed by atoms with van der Waals surface area (Å²) in [6.45, 7) is 2.66. The van der Waals surface area contributed by atoms with Gasteiger partial charge >= 0.3 is 12.0 Å². The van der Waals surface area contributed by atoms with Crippen molar-refractivity contribution >= 4 is 12.0 Å². The number of hydrogen-bond acceptors (Lipinski definition) is 3. The van der Waals surface area contributed by atoms with Gasteiger partial charge in [-0.3, -0.25) is 0 Å². The zero-order chi connectivity index (χ0) is 12.8. The van der Waals surface area contributed by atoms with Gasteiger partial charge in [-0.1, -0.05) is 6.92 Å². The minimum absolute atomic E-state index is 0.403. The number of carbonyl (C=O) groups excluding carboxylic acids is 1. The van der Waals surface area contributed by atoms with E-state index in [1.807, 2.05) is 6.92 Å². The quantitative estimate of drug-likeness (QED) is 0.599. The summed E-state index contributed by atoms with van der Waals surface area (Å²) in [7, 11) is 0. The summed E-state index contributed by atoms with van der Waals surface area (Å²) in [4.78, 5) is 24.1. The summed E-state index contributed by atoms with van der Waals surface area (Å²) in [6, 6.07) is -1.62. The molecule has 1 aliphatic rings. The molecule has 0 heterocycles. The number of carbonyl (C=O) groups is 2. The third-order valence-corrected chi connectivity index (χ3v) is 2.73. The largest absolute Gasteiger partial charge is 0.480 e. The van der Waals surface area contributed by atoms with Gasteiger partial charge in [-0.2, -0.15) is 0 Å². The SMILES string of the molecule is CCCN(CC1CC1)C(=O)N[C@@H](CO)C(=O)O. The third-order valence-electron chi connectivity index (χ3n) is 2.73. The van der Waals surface area contributed by atoms with Gasteiger partial charge in [-0.25, -0.2) is 9.59 Å². The van der Waals surface area contributed by atoms with Crippen LogP contribution in [0, 0.1) is 5.92 Å². The monoisotopic (exact) mass is 244 g/mol. The van der Waals surface area contributed by atoms with Crippen molar-refractivity contribution in [3.05, 3.63) is 0 Å². The molecule has 0 aromatic heterocycles. The number of amides is 2. The summed E-state index contributed by atoms with van der Waals surface area (Å²) in [5.41, 5.74) is 0. The van der Waals surface area contributed by atoms with Crippen molar-refractivity contribution in [2.75, 3.05) is 19.7 Å². The first kappa shape index (κ1) is 13.8. The summed E-state index contributed by atoms with van der Waals surface area (Å²) >= 11 is 0. The molecule has 0 radical (unpaired) electrons. The highest BCUT2D eigenvalue weighted by molar-refractivity contribution is 5.82. The van der Waals surface area contributed by atoms with Crippen LogP contribution in [0.25, 0.3) is 0 Å². The van der Waals surface area contributed by atoms with E-state index in [1.165, 1.54) is 0 Å². The van der Waals surface area contributed by atoms with E-state index in [2.05, 4.69) is 5.32 Å². The molecule has 0 unspecified atom stereocenters. The minimum Gasteiger partial charge on any atom is -0.480 e. The van der Waals surface area contributed by atoms with E-state index >= 15 is 0 Å². The number of aliphatic carboxylic acids is 1. The lowest BCUT2D eigenvalue weighted by Crippen LogP contribution is -2.50. The molecule has 98 valence electrons. The summed E-state index contributed by atoms with van der Waals surface area (Å²) < 4.78 is 0. The highest BCUT2D eigenvalue weighted by Crippen LogP contribution is 2.29. The lowest BCUT2D eigenvalue weighted by atomic mass is 10.3. The molecule has 0 bridgehead atoms. The Morgan fingerprint density at radius 2 is 2.12 bits per heavy atom. The van der Waals surface area contributed by atoms with Gasteiger partial charge in [0.15, 0.2) is 6.04 Å². The van der Waals surface area contributed by atoms with E-state index in [4.69, 9.17) is 10.2 Å². The number of rotatable bonds is 7. The van der Waals surface area contributed by atoms with E-state index in [9.17, 15) is 9.59 Å². The molecule has 1 saturated carbocycles. The van der Waals surface area contributed by atoms with Gasteiger partial charge in [0, 0.05) is 13.1 Å². The predicted molar refractivity (Wildman–Crippen MR) is 61.6 cm³/mol. The Bertz CT molecular complexity index is 279. The second-order valence-electron chi connectivity index (χ2n) is 4.41. The van der Waals surface area contributed by atoms with Crippen LogP contribution in [-0.2, 0) is 4.79 Å². The molecular weight excluding hydrogens is 224 g/mol. The van der Waals surface area contributed by atoms with Gasteiger partial charge in [0.05, 0.1) is 6.61 Å². The smallest absolute Gasteiger partial charge is 0.328 e. The molecule has 0 aromatic rings. The summed E-state index contributed by atoms with van der Waals surface area (Å²) in [6.07, 6.45) is 3.10. The fraction of sp³-hybridized carbons (Fsp3) is 0.818. The molecule has 1 atom stereocenters.